The van der Waals surface area contributed by atoms with E-state index in [2.05, 4.69) is 5.32 Å². The molecule has 0 saturated carbocycles. The topological polar surface area (TPSA) is 63.2 Å². The molecule has 0 spiro atoms. The van der Waals surface area contributed by atoms with Crippen molar-refractivity contribution in [2.45, 2.75) is 6.42 Å². The van der Waals surface area contributed by atoms with Crippen molar-refractivity contribution < 1.29 is 14.4 Å². The number of rotatable bonds is 3. The molecule has 0 bridgehead atoms. The van der Waals surface area contributed by atoms with Gasteiger partial charge >= 0.3 is 0 Å². The SMILES string of the molecule is O=C(Cc1ccc2ccccc2c1)Nc1ccc2c(c1)C(=O)c1ccccc1C2=O. The molecule has 0 atom stereocenters. The number of anilines is 1. The lowest BCUT2D eigenvalue weighted by Crippen LogP contribution is -2.21. The number of hydrogen-bond donors (Lipinski definition) is 1. The van der Waals surface area contributed by atoms with Crippen LogP contribution in [0.2, 0.25) is 0 Å². The monoisotopic (exact) mass is 391 g/mol. The van der Waals surface area contributed by atoms with Crippen LogP contribution in [0, 0.1) is 0 Å². The van der Waals surface area contributed by atoms with Gasteiger partial charge in [-0.2, -0.15) is 0 Å². The fourth-order valence-corrected chi connectivity index (χ4v) is 3.92. The lowest BCUT2D eigenvalue weighted by molar-refractivity contribution is -0.115. The van der Waals surface area contributed by atoms with Crippen LogP contribution in [0.3, 0.4) is 0 Å². The maximum absolute atomic E-state index is 12.8. The lowest BCUT2D eigenvalue weighted by atomic mass is 9.84. The second-order valence-corrected chi connectivity index (χ2v) is 7.37. The van der Waals surface area contributed by atoms with Crippen molar-refractivity contribution in [3.8, 4) is 0 Å². The van der Waals surface area contributed by atoms with E-state index < -0.39 is 0 Å². The number of nitrogens with one attached hydrogen (secondary N) is 1. The third-order valence-corrected chi connectivity index (χ3v) is 5.39. The van der Waals surface area contributed by atoms with Gasteiger partial charge in [0.25, 0.3) is 0 Å². The third-order valence-electron chi connectivity index (χ3n) is 5.39. The van der Waals surface area contributed by atoms with Crippen molar-refractivity contribution in [1.82, 2.24) is 0 Å². The van der Waals surface area contributed by atoms with Crippen LogP contribution in [0.25, 0.3) is 10.8 Å². The molecule has 0 saturated heterocycles. The normalized spacial score (nSPS) is 12.4. The number of benzene rings is 4. The summed E-state index contributed by atoms with van der Waals surface area (Å²) < 4.78 is 0. The Bertz CT molecular complexity index is 1350. The summed E-state index contributed by atoms with van der Waals surface area (Å²) in [6.45, 7) is 0. The highest BCUT2D eigenvalue weighted by molar-refractivity contribution is 6.28. The summed E-state index contributed by atoms with van der Waals surface area (Å²) in [5, 5.41) is 5.05. The molecule has 1 amide bonds. The summed E-state index contributed by atoms with van der Waals surface area (Å²) >= 11 is 0. The average molecular weight is 391 g/mol. The van der Waals surface area contributed by atoms with Crippen LogP contribution >= 0.6 is 0 Å². The van der Waals surface area contributed by atoms with Crippen molar-refractivity contribution in [1.29, 1.82) is 0 Å². The minimum atomic E-state index is -0.203. The van der Waals surface area contributed by atoms with Gasteiger partial charge in [-0.15, -0.1) is 0 Å². The van der Waals surface area contributed by atoms with Gasteiger partial charge in [0.15, 0.2) is 11.6 Å². The van der Waals surface area contributed by atoms with E-state index in [1.165, 1.54) is 0 Å². The van der Waals surface area contributed by atoms with Crippen LogP contribution in [0.5, 0.6) is 0 Å². The van der Waals surface area contributed by atoms with Crippen molar-refractivity contribution in [3.05, 3.63) is 113 Å². The van der Waals surface area contributed by atoms with Gasteiger partial charge < -0.3 is 5.32 Å². The molecule has 0 heterocycles. The minimum Gasteiger partial charge on any atom is -0.326 e. The fraction of sp³-hybridized carbons (Fsp3) is 0.0385. The largest absolute Gasteiger partial charge is 0.326 e. The fourth-order valence-electron chi connectivity index (χ4n) is 3.92. The van der Waals surface area contributed by atoms with Gasteiger partial charge in [-0.25, -0.2) is 0 Å². The molecule has 4 aromatic carbocycles. The zero-order valence-electron chi connectivity index (χ0n) is 16.0. The number of carbonyl (C=O) groups is 3. The quantitative estimate of drug-likeness (QED) is 0.481. The Morgan fingerprint density at radius 2 is 1.27 bits per heavy atom. The van der Waals surface area contributed by atoms with Gasteiger partial charge in [0.2, 0.25) is 5.91 Å². The Hall–Kier alpha value is -4.05. The second-order valence-electron chi connectivity index (χ2n) is 7.37. The van der Waals surface area contributed by atoms with E-state index in [1.54, 1.807) is 42.5 Å². The predicted octanol–water partition coefficient (Wildman–Crippen LogP) is 4.80. The standard InChI is InChI=1S/C26H17NO3/c28-24(14-16-9-10-17-5-1-2-6-18(17)13-16)27-19-11-12-22-23(15-19)26(30)21-8-4-3-7-20(21)25(22)29/h1-13,15H,14H2,(H,27,28). The third kappa shape index (κ3) is 3.08. The van der Waals surface area contributed by atoms with E-state index in [-0.39, 0.29) is 23.9 Å². The van der Waals surface area contributed by atoms with Crippen molar-refractivity contribution in [2.24, 2.45) is 0 Å². The zero-order valence-corrected chi connectivity index (χ0v) is 16.0. The molecule has 4 heteroatoms. The second kappa shape index (κ2) is 7.08. The molecular formula is C26H17NO3. The van der Waals surface area contributed by atoms with Crippen LogP contribution < -0.4 is 5.32 Å². The first kappa shape index (κ1) is 18.0. The molecule has 0 aromatic heterocycles. The molecule has 0 radical (unpaired) electrons. The highest BCUT2D eigenvalue weighted by atomic mass is 16.2. The molecule has 4 nitrogen and oxygen atoms in total. The Labute approximate surface area is 173 Å². The first-order chi connectivity index (χ1) is 14.6. The van der Waals surface area contributed by atoms with Crippen LogP contribution in [0.15, 0.2) is 84.9 Å². The van der Waals surface area contributed by atoms with E-state index >= 15 is 0 Å². The summed E-state index contributed by atoms with van der Waals surface area (Å²) in [7, 11) is 0. The number of amides is 1. The average Bonchev–Trinajstić information content (AvgIpc) is 2.77. The summed E-state index contributed by atoms with van der Waals surface area (Å²) in [5.41, 5.74) is 2.91. The summed E-state index contributed by atoms with van der Waals surface area (Å²) in [6.07, 6.45) is 0.220. The van der Waals surface area contributed by atoms with Gasteiger partial charge in [-0.1, -0.05) is 66.7 Å². The first-order valence-electron chi connectivity index (χ1n) is 9.70. The molecule has 0 unspecified atom stereocenters. The van der Waals surface area contributed by atoms with E-state index in [9.17, 15) is 14.4 Å². The minimum absolute atomic E-state index is 0.172. The van der Waals surface area contributed by atoms with Gasteiger partial charge in [-0.3, -0.25) is 14.4 Å². The highest BCUT2D eigenvalue weighted by Gasteiger charge is 2.29. The summed E-state index contributed by atoms with van der Waals surface area (Å²) in [5.74, 6) is -0.555. The zero-order chi connectivity index (χ0) is 20.7. The first-order valence-corrected chi connectivity index (χ1v) is 9.70. The van der Waals surface area contributed by atoms with E-state index in [4.69, 9.17) is 0 Å². The van der Waals surface area contributed by atoms with Gasteiger partial charge in [0, 0.05) is 27.9 Å². The van der Waals surface area contributed by atoms with Gasteiger partial charge in [0.05, 0.1) is 6.42 Å². The molecule has 1 aliphatic carbocycles. The number of hydrogen-bond acceptors (Lipinski definition) is 3. The number of fused-ring (bicyclic) bond motifs is 3. The lowest BCUT2D eigenvalue weighted by Gasteiger charge is -2.18. The van der Waals surface area contributed by atoms with Crippen LogP contribution in [-0.2, 0) is 11.2 Å². The number of ketones is 2. The Balaban J connectivity index is 1.38. The highest BCUT2D eigenvalue weighted by Crippen LogP contribution is 2.29. The number of carbonyl (C=O) groups excluding carboxylic acids is 3. The Morgan fingerprint density at radius 3 is 2.03 bits per heavy atom. The smallest absolute Gasteiger partial charge is 0.228 e. The maximum atomic E-state index is 12.8. The van der Waals surface area contributed by atoms with Crippen molar-refractivity contribution in [2.75, 3.05) is 5.32 Å². The molecule has 4 aromatic rings. The van der Waals surface area contributed by atoms with E-state index in [0.29, 0.717) is 27.9 Å². The van der Waals surface area contributed by atoms with Gasteiger partial charge in [-0.05, 0) is 34.5 Å². The van der Waals surface area contributed by atoms with Crippen molar-refractivity contribution >= 4 is 33.9 Å². The maximum Gasteiger partial charge on any atom is 0.228 e. The molecule has 0 aliphatic heterocycles. The molecule has 5 rings (SSSR count). The van der Waals surface area contributed by atoms with Crippen LogP contribution in [0.1, 0.15) is 37.4 Å². The molecule has 1 aliphatic rings. The summed E-state index contributed by atoms with van der Waals surface area (Å²) in [4.78, 5) is 38.1. The Kier molecular flexibility index (Phi) is 4.25. The molecule has 144 valence electrons. The van der Waals surface area contributed by atoms with Crippen LogP contribution in [-0.4, -0.2) is 17.5 Å². The molecular weight excluding hydrogens is 374 g/mol. The molecule has 30 heavy (non-hydrogen) atoms. The summed E-state index contributed by atoms with van der Waals surface area (Å²) in [6, 6.07) is 25.6. The van der Waals surface area contributed by atoms with Crippen LogP contribution in [0.4, 0.5) is 5.69 Å². The van der Waals surface area contributed by atoms with Crippen molar-refractivity contribution in [3.63, 3.8) is 0 Å². The Morgan fingerprint density at radius 1 is 0.633 bits per heavy atom. The van der Waals surface area contributed by atoms with E-state index in [1.807, 2.05) is 42.5 Å². The van der Waals surface area contributed by atoms with E-state index in [0.717, 1.165) is 16.3 Å². The molecule has 1 N–H and O–H groups in total. The predicted molar refractivity (Wildman–Crippen MR) is 116 cm³/mol. The van der Waals surface area contributed by atoms with Gasteiger partial charge in [0.1, 0.15) is 0 Å². The molecule has 0 fully saturated rings.